The largest absolute Gasteiger partial charge is 0.481 e. The summed E-state index contributed by atoms with van der Waals surface area (Å²) in [6.07, 6.45) is 5.58. The molecule has 1 aliphatic rings. The maximum absolute atomic E-state index is 12.6. The Kier molecular flexibility index (Phi) is 6.73. The summed E-state index contributed by atoms with van der Waals surface area (Å²) < 4.78 is 16.3. The number of esters is 1. The molecule has 2 rings (SSSR count). The lowest BCUT2D eigenvalue weighted by molar-refractivity contribution is -0.147. The molecule has 0 saturated carbocycles. The van der Waals surface area contributed by atoms with Gasteiger partial charge in [0.15, 0.2) is 0 Å². The van der Waals surface area contributed by atoms with Crippen molar-refractivity contribution in [2.24, 2.45) is 0 Å². The van der Waals surface area contributed by atoms with Gasteiger partial charge in [0.2, 0.25) is 0 Å². The molecule has 1 heterocycles. The Morgan fingerprint density at radius 2 is 1.93 bits per heavy atom. The minimum Gasteiger partial charge on any atom is -0.481 e. The Morgan fingerprint density at radius 1 is 1.26 bits per heavy atom. The second kappa shape index (κ2) is 8.81. The van der Waals surface area contributed by atoms with Crippen molar-refractivity contribution >= 4 is 12.1 Å². The summed E-state index contributed by atoms with van der Waals surface area (Å²) in [6.45, 7) is 7.56. The summed E-state index contributed by atoms with van der Waals surface area (Å²) >= 11 is 0. The van der Waals surface area contributed by atoms with Crippen LogP contribution in [-0.4, -0.2) is 47.9 Å². The maximum Gasteiger partial charge on any atom is 0.410 e. The van der Waals surface area contributed by atoms with Crippen LogP contribution in [0.2, 0.25) is 0 Å². The van der Waals surface area contributed by atoms with Crippen LogP contribution in [0.25, 0.3) is 0 Å². The van der Waals surface area contributed by atoms with Crippen molar-refractivity contribution in [1.82, 2.24) is 4.90 Å². The number of hydrogen-bond acceptors (Lipinski definition) is 5. The molecule has 0 radical (unpaired) electrons. The molecule has 0 N–H and O–H groups in total. The Balaban J connectivity index is 2.14. The highest BCUT2D eigenvalue weighted by molar-refractivity contribution is 5.70. The first-order valence-corrected chi connectivity index (χ1v) is 9.01. The lowest BCUT2D eigenvalue weighted by Gasteiger charge is -2.30. The Hall–Kier alpha value is -2.68. The highest BCUT2D eigenvalue weighted by Gasteiger charge is 2.40. The van der Waals surface area contributed by atoms with E-state index in [0.29, 0.717) is 25.1 Å². The van der Waals surface area contributed by atoms with Crippen molar-refractivity contribution in [3.05, 3.63) is 29.8 Å². The van der Waals surface area contributed by atoms with Gasteiger partial charge >= 0.3 is 12.1 Å². The van der Waals surface area contributed by atoms with E-state index in [2.05, 4.69) is 5.92 Å². The molecule has 0 bridgehead atoms. The van der Waals surface area contributed by atoms with E-state index in [4.69, 9.17) is 20.6 Å². The predicted octanol–water partition coefficient (Wildman–Crippen LogP) is 3.18. The van der Waals surface area contributed by atoms with Crippen LogP contribution in [0.5, 0.6) is 5.75 Å². The van der Waals surface area contributed by atoms with Crippen molar-refractivity contribution in [3.63, 3.8) is 0 Å². The van der Waals surface area contributed by atoms with E-state index >= 15 is 0 Å². The molecule has 1 amide bonds. The van der Waals surface area contributed by atoms with Crippen molar-refractivity contribution in [3.8, 4) is 18.1 Å². The number of hydrogen-bond donors (Lipinski definition) is 0. The third-order valence-electron chi connectivity index (χ3n) is 4.12. The number of likely N-dealkylation sites (tertiary alicyclic amines) is 1. The Labute approximate surface area is 160 Å². The smallest absolute Gasteiger partial charge is 0.410 e. The summed E-state index contributed by atoms with van der Waals surface area (Å²) in [5, 5.41) is 0. The van der Waals surface area contributed by atoms with E-state index in [0.717, 1.165) is 5.56 Å². The second-order valence-electron chi connectivity index (χ2n) is 7.52. The van der Waals surface area contributed by atoms with Crippen molar-refractivity contribution in [2.75, 3.05) is 13.2 Å². The fraction of sp³-hybridized carbons (Fsp3) is 0.524. The van der Waals surface area contributed by atoms with Gasteiger partial charge in [0, 0.05) is 19.9 Å². The number of carbonyl (C=O) groups excluding carboxylic acids is 2. The quantitative estimate of drug-likeness (QED) is 0.586. The van der Waals surface area contributed by atoms with E-state index in [-0.39, 0.29) is 24.7 Å². The molecule has 0 unspecified atom stereocenters. The molecule has 2 atom stereocenters. The summed E-state index contributed by atoms with van der Waals surface area (Å²) in [5.74, 6) is 2.75. The number of rotatable bonds is 5. The van der Waals surface area contributed by atoms with Gasteiger partial charge < -0.3 is 19.1 Å². The molecule has 1 fully saturated rings. The molecule has 27 heavy (non-hydrogen) atoms. The topological polar surface area (TPSA) is 65.1 Å². The summed E-state index contributed by atoms with van der Waals surface area (Å²) in [4.78, 5) is 25.7. The van der Waals surface area contributed by atoms with Gasteiger partial charge in [-0.15, -0.1) is 6.42 Å². The number of nitrogens with zero attached hydrogens (tertiary/aromatic N) is 1. The number of carbonyl (C=O) groups is 2. The zero-order chi connectivity index (χ0) is 20.0. The normalized spacial score (nSPS) is 19.3. The monoisotopic (exact) mass is 373 g/mol. The third kappa shape index (κ3) is 6.21. The van der Waals surface area contributed by atoms with Gasteiger partial charge in [0.1, 0.15) is 24.1 Å². The number of amides is 1. The highest BCUT2D eigenvalue weighted by Crippen LogP contribution is 2.27. The standard InChI is InChI=1S/C21H27NO5/c1-6-13-25-17-9-7-16(8-10-17)14-18-19(26-15(2)23)11-12-22(18)20(24)27-21(3,4)5/h1,7-10,18-19H,11-14H2,2-5H3/t18-,19-/m1/s1. The minimum absolute atomic E-state index is 0.211. The molecule has 0 aromatic heterocycles. The first kappa shape index (κ1) is 20.6. The van der Waals surface area contributed by atoms with Crippen LogP contribution in [0.4, 0.5) is 4.79 Å². The van der Waals surface area contributed by atoms with Crippen molar-refractivity contribution in [2.45, 2.75) is 58.3 Å². The van der Waals surface area contributed by atoms with Gasteiger partial charge in [0.05, 0.1) is 6.04 Å². The highest BCUT2D eigenvalue weighted by atomic mass is 16.6. The van der Waals surface area contributed by atoms with Crippen molar-refractivity contribution in [1.29, 1.82) is 0 Å². The molecule has 6 heteroatoms. The van der Waals surface area contributed by atoms with E-state index < -0.39 is 11.7 Å². The van der Waals surface area contributed by atoms with Crippen molar-refractivity contribution < 1.29 is 23.8 Å². The lowest BCUT2D eigenvalue weighted by atomic mass is 10.0. The number of ether oxygens (including phenoxy) is 3. The average Bonchev–Trinajstić information content (AvgIpc) is 2.94. The Morgan fingerprint density at radius 3 is 2.48 bits per heavy atom. The zero-order valence-electron chi connectivity index (χ0n) is 16.4. The fourth-order valence-corrected chi connectivity index (χ4v) is 3.05. The SMILES string of the molecule is C#CCOc1ccc(C[C@@H]2[C@H](OC(C)=O)CCN2C(=O)OC(C)(C)C)cc1. The molecular formula is C21H27NO5. The van der Waals surface area contributed by atoms with Crippen LogP contribution in [0, 0.1) is 12.3 Å². The number of benzene rings is 1. The van der Waals surface area contributed by atoms with Gasteiger partial charge in [-0.1, -0.05) is 18.1 Å². The molecule has 1 aromatic carbocycles. The molecule has 0 spiro atoms. The maximum atomic E-state index is 12.6. The van der Waals surface area contributed by atoms with E-state index in [9.17, 15) is 9.59 Å². The lowest BCUT2D eigenvalue weighted by Crippen LogP contribution is -2.44. The van der Waals surface area contributed by atoms with E-state index in [1.54, 1.807) is 4.90 Å². The van der Waals surface area contributed by atoms with Crippen LogP contribution in [-0.2, 0) is 20.7 Å². The summed E-state index contributed by atoms with van der Waals surface area (Å²) in [6, 6.07) is 7.23. The zero-order valence-corrected chi connectivity index (χ0v) is 16.4. The fourth-order valence-electron chi connectivity index (χ4n) is 3.05. The van der Waals surface area contributed by atoms with Gasteiger partial charge in [-0.25, -0.2) is 4.79 Å². The van der Waals surface area contributed by atoms with Gasteiger partial charge in [-0.05, 0) is 44.9 Å². The van der Waals surface area contributed by atoms with Gasteiger partial charge in [0.25, 0.3) is 0 Å². The van der Waals surface area contributed by atoms with E-state index in [1.807, 2.05) is 45.0 Å². The predicted molar refractivity (Wildman–Crippen MR) is 101 cm³/mol. The van der Waals surface area contributed by atoms with Crippen LogP contribution < -0.4 is 4.74 Å². The van der Waals surface area contributed by atoms with Crippen LogP contribution in [0.15, 0.2) is 24.3 Å². The summed E-state index contributed by atoms with van der Waals surface area (Å²) in [5.41, 5.74) is 0.414. The third-order valence-corrected chi connectivity index (χ3v) is 4.12. The van der Waals surface area contributed by atoms with Gasteiger partial charge in [-0.2, -0.15) is 0 Å². The molecule has 146 valence electrons. The molecule has 1 saturated heterocycles. The Bertz CT molecular complexity index is 699. The number of terminal acetylenes is 1. The first-order chi connectivity index (χ1) is 12.7. The minimum atomic E-state index is -0.586. The van der Waals surface area contributed by atoms with Gasteiger partial charge in [-0.3, -0.25) is 4.79 Å². The first-order valence-electron chi connectivity index (χ1n) is 9.01. The summed E-state index contributed by atoms with van der Waals surface area (Å²) in [7, 11) is 0. The van der Waals surface area contributed by atoms with Crippen LogP contribution in [0.3, 0.4) is 0 Å². The second-order valence-corrected chi connectivity index (χ2v) is 7.52. The average molecular weight is 373 g/mol. The van der Waals surface area contributed by atoms with Crippen LogP contribution in [0.1, 0.15) is 39.7 Å². The molecule has 1 aliphatic heterocycles. The van der Waals surface area contributed by atoms with Crippen LogP contribution >= 0.6 is 0 Å². The molecule has 1 aromatic rings. The molecular weight excluding hydrogens is 346 g/mol. The molecule has 0 aliphatic carbocycles. The molecule has 6 nitrogen and oxygen atoms in total. The van der Waals surface area contributed by atoms with E-state index in [1.165, 1.54) is 6.92 Å².